The number of urea groups is 1. The van der Waals surface area contributed by atoms with Crippen LogP contribution < -0.4 is 10.2 Å². The minimum Gasteiger partial charge on any atom is -0.396 e. The van der Waals surface area contributed by atoms with Crippen LogP contribution in [0.2, 0.25) is 0 Å². The van der Waals surface area contributed by atoms with Crippen molar-refractivity contribution in [2.24, 2.45) is 5.41 Å². The van der Waals surface area contributed by atoms with Gasteiger partial charge in [-0.25, -0.2) is 9.78 Å². The Balaban J connectivity index is 1.53. The lowest BCUT2D eigenvalue weighted by atomic mass is 9.83. The fourth-order valence-electron chi connectivity index (χ4n) is 3.51. The Morgan fingerprint density at radius 3 is 3.09 bits per heavy atom. The summed E-state index contributed by atoms with van der Waals surface area (Å²) in [4.78, 5) is 20.9. The molecule has 0 aliphatic carbocycles. The number of likely N-dealkylation sites (tertiary alicyclic amines) is 1. The normalized spacial score (nSPS) is 28.0. The minimum atomic E-state index is -0.161. The Morgan fingerprint density at radius 1 is 1.48 bits per heavy atom. The summed E-state index contributed by atoms with van der Waals surface area (Å²) in [7, 11) is 0. The second-order valence-corrected chi connectivity index (χ2v) is 7.06. The second-order valence-electron chi connectivity index (χ2n) is 7.06. The predicted molar refractivity (Wildman–Crippen MR) is 89.4 cm³/mol. The molecule has 2 amide bonds. The number of aliphatic hydroxyl groups is 1. The van der Waals surface area contributed by atoms with Crippen molar-refractivity contribution in [2.45, 2.75) is 32.2 Å². The number of hydrogen-bond acceptors (Lipinski definition) is 4. The van der Waals surface area contributed by atoms with Crippen LogP contribution in [0.1, 0.15) is 26.2 Å². The van der Waals surface area contributed by atoms with E-state index in [0.717, 1.165) is 44.7 Å². The van der Waals surface area contributed by atoms with E-state index in [-0.39, 0.29) is 24.1 Å². The van der Waals surface area contributed by atoms with Gasteiger partial charge in [-0.2, -0.15) is 0 Å². The fourth-order valence-corrected chi connectivity index (χ4v) is 3.51. The Hall–Kier alpha value is -1.82. The molecule has 0 saturated carbocycles. The number of nitrogens with one attached hydrogen (secondary N) is 1. The van der Waals surface area contributed by atoms with Gasteiger partial charge in [-0.1, -0.05) is 13.0 Å². The molecule has 3 heterocycles. The number of aromatic nitrogens is 1. The average molecular weight is 318 g/mol. The molecule has 2 saturated heterocycles. The van der Waals surface area contributed by atoms with Crippen molar-refractivity contribution in [3.05, 3.63) is 24.4 Å². The van der Waals surface area contributed by atoms with Crippen LogP contribution in [0.15, 0.2) is 24.4 Å². The highest BCUT2D eigenvalue weighted by atomic mass is 16.3. The predicted octanol–water partition coefficient (Wildman–Crippen LogP) is 1.46. The van der Waals surface area contributed by atoms with Gasteiger partial charge in [0.1, 0.15) is 5.82 Å². The molecule has 1 aromatic heterocycles. The van der Waals surface area contributed by atoms with Gasteiger partial charge < -0.3 is 20.2 Å². The standard InChI is InChI=1S/C17H26N4O2/c1-17(13-22)7-4-9-21(12-17)16(23)19-14-6-10-20(11-14)15-5-2-3-8-18-15/h2-3,5,8,14,22H,4,6-7,9-13H2,1H3,(H,19,23). The van der Waals surface area contributed by atoms with Gasteiger partial charge in [-0.15, -0.1) is 0 Å². The summed E-state index contributed by atoms with van der Waals surface area (Å²) >= 11 is 0. The summed E-state index contributed by atoms with van der Waals surface area (Å²) < 4.78 is 0. The lowest BCUT2D eigenvalue weighted by Gasteiger charge is -2.39. The summed E-state index contributed by atoms with van der Waals surface area (Å²) in [6.45, 7) is 5.30. The molecule has 23 heavy (non-hydrogen) atoms. The quantitative estimate of drug-likeness (QED) is 0.885. The monoisotopic (exact) mass is 318 g/mol. The van der Waals surface area contributed by atoms with Crippen LogP contribution in [-0.4, -0.2) is 59.8 Å². The summed E-state index contributed by atoms with van der Waals surface area (Å²) in [6, 6.07) is 6.05. The number of aliphatic hydroxyl groups excluding tert-OH is 1. The molecule has 0 spiro atoms. The molecular formula is C17H26N4O2. The molecule has 2 atom stereocenters. The van der Waals surface area contributed by atoms with E-state index in [2.05, 4.69) is 15.2 Å². The van der Waals surface area contributed by atoms with E-state index in [0.29, 0.717) is 6.54 Å². The molecule has 6 nitrogen and oxygen atoms in total. The maximum atomic E-state index is 12.5. The van der Waals surface area contributed by atoms with Gasteiger partial charge in [-0.05, 0) is 31.4 Å². The number of amides is 2. The molecule has 0 radical (unpaired) electrons. The highest BCUT2D eigenvalue weighted by Crippen LogP contribution is 2.28. The first-order valence-electron chi connectivity index (χ1n) is 8.42. The Morgan fingerprint density at radius 2 is 2.35 bits per heavy atom. The van der Waals surface area contributed by atoms with Gasteiger partial charge in [0.15, 0.2) is 0 Å². The third-order valence-electron chi connectivity index (χ3n) is 4.94. The molecule has 3 rings (SSSR count). The van der Waals surface area contributed by atoms with Crippen molar-refractivity contribution >= 4 is 11.8 Å². The van der Waals surface area contributed by atoms with Crippen LogP contribution in [-0.2, 0) is 0 Å². The number of carbonyl (C=O) groups excluding carboxylic acids is 1. The van der Waals surface area contributed by atoms with E-state index >= 15 is 0 Å². The molecule has 0 aromatic carbocycles. The molecule has 2 aliphatic heterocycles. The SMILES string of the molecule is CC1(CO)CCCN(C(=O)NC2CCN(c3ccccn3)C2)C1. The maximum Gasteiger partial charge on any atom is 0.317 e. The van der Waals surface area contributed by atoms with Gasteiger partial charge in [-0.3, -0.25) is 0 Å². The van der Waals surface area contributed by atoms with E-state index in [4.69, 9.17) is 0 Å². The first-order valence-corrected chi connectivity index (χ1v) is 8.42. The van der Waals surface area contributed by atoms with Crippen molar-refractivity contribution in [1.29, 1.82) is 0 Å². The first-order chi connectivity index (χ1) is 11.1. The molecule has 6 heteroatoms. The molecular weight excluding hydrogens is 292 g/mol. The highest BCUT2D eigenvalue weighted by molar-refractivity contribution is 5.75. The van der Waals surface area contributed by atoms with E-state index < -0.39 is 0 Å². The van der Waals surface area contributed by atoms with E-state index in [1.54, 1.807) is 6.20 Å². The molecule has 2 N–H and O–H groups in total. The smallest absolute Gasteiger partial charge is 0.317 e. The van der Waals surface area contributed by atoms with Gasteiger partial charge in [0, 0.05) is 43.8 Å². The largest absolute Gasteiger partial charge is 0.396 e. The number of rotatable bonds is 3. The van der Waals surface area contributed by atoms with Gasteiger partial charge in [0.25, 0.3) is 0 Å². The summed E-state index contributed by atoms with van der Waals surface area (Å²) in [5, 5.41) is 12.7. The summed E-state index contributed by atoms with van der Waals surface area (Å²) in [5.74, 6) is 0.968. The van der Waals surface area contributed by atoms with Crippen LogP contribution in [0.5, 0.6) is 0 Å². The van der Waals surface area contributed by atoms with Gasteiger partial charge >= 0.3 is 6.03 Å². The van der Waals surface area contributed by atoms with Gasteiger partial charge in [0.2, 0.25) is 0 Å². The zero-order valence-electron chi connectivity index (χ0n) is 13.7. The molecule has 1 aromatic rings. The van der Waals surface area contributed by atoms with Crippen molar-refractivity contribution in [1.82, 2.24) is 15.2 Å². The first kappa shape index (κ1) is 16.1. The van der Waals surface area contributed by atoms with Crippen molar-refractivity contribution in [3.63, 3.8) is 0 Å². The van der Waals surface area contributed by atoms with E-state index in [1.165, 1.54) is 0 Å². The summed E-state index contributed by atoms with van der Waals surface area (Å²) in [5.41, 5.74) is -0.161. The number of anilines is 1. The molecule has 126 valence electrons. The Kier molecular flexibility index (Phi) is 4.71. The third kappa shape index (κ3) is 3.75. The van der Waals surface area contributed by atoms with Crippen LogP contribution in [0.25, 0.3) is 0 Å². The Bertz CT molecular complexity index is 539. The Labute approximate surface area is 137 Å². The highest BCUT2D eigenvalue weighted by Gasteiger charge is 2.34. The maximum absolute atomic E-state index is 12.5. The molecule has 0 bridgehead atoms. The topological polar surface area (TPSA) is 68.7 Å². The zero-order valence-corrected chi connectivity index (χ0v) is 13.7. The number of hydrogen-bond donors (Lipinski definition) is 2. The number of nitrogens with zero attached hydrogens (tertiary/aromatic N) is 3. The van der Waals surface area contributed by atoms with Crippen LogP contribution >= 0.6 is 0 Å². The van der Waals surface area contributed by atoms with Gasteiger partial charge in [0.05, 0.1) is 6.61 Å². The number of piperidine rings is 1. The van der Waals surface area contributed by atoms with Crippen LogP contribution in [0.3, 0.4) is 0 Å². The number of pyridine rings is 1. The zero-order chi connectivity index (χ0) is 16.3. The van der Waals surface area contributed by atoms with Crippen molar-refractivity contribution in [3.8, 4) is 0 Å². The lowest BCUT2D eigenvalue weighted by molar-refractivity contribution is 0.0609. The minimum absolute atomic E-state index is 0.00255. The molecule has 2 aliphatic rings. The molecule has 2 unspecified atom stereocenters. The van der Waals surface area contributed by atoms with E-state index in [9.17, 15) is 9.90 Å². The van der Waals surface area contributed by atoms with Crippen molar-refractivity contribution in [2.75, 3.05) is 37.7 Å². The number of carbonyl (C=O) groups is 1. The van der Waals surface area contributed by atoms with E-state index in [1.807, 2.05) is 30.0 Å². The molecule has 2 fully saturated rings. The van der Waals surface area contributed by atoms with Crippen LogP contribution in [0.4, 0.5) is 10.6 Å². The van der Waals surface area contributed by atoms with Crippen LogP contribution in [0, 0.1) is 5.41 Å². The van der Waals surface area contributed by atoms with Crippen molar-refractivity contribution < 1.29 is 9.90 Å². The fraction of sp³-hybridized carbons (Fsp3) is 0.647. The third-order valence-corrected chi connectivity index (χ3v) is 4.94. The lowest BCUT2D eigenvalue weighted by Crippen LogP contribution is -2.52. The second kappa shape index (κ2) is 6.74. The summed E-state index contributed by atoms with van der Waals surface area (Å²) in [6.07, 6.45) is 4.66. The average Bonchev–Trinajstić information content (AvgIpc) is 3.04.